The Kier molecular flexibility index (Phi) is 9.94. The molecule has 4 atom stereocenters. The number of hydrogen-bond acceptors (Lipinski definition) is 10. The summed E-state index contributed by atoms with van der Waals surface area (Å²) in [4.78, 5) is 55.4. The number of aliphatic hydroxyl groups is 3. The van der Waals surface area contributed by atoms with Crippen LogP contribution in [0.5, 0.6) is 5.75 Å². The van der Waals surface area contributed by atoms with E-state index in [1.54, 1.807) is 20.2 Å². The van der Waals surface area contributed by atoms with E-state index in [1.165, 1.54) is 11.0 Å². The molecule has 1 aromatic rings. The number of phenolic OH excluding ortho intramolecular Hbond substituents is 1. The van der Waals surface area contributed by atoms with E-state index < -0.39 is 63.8 Å². The van der Waals surface area contributed by atoms with Crippen LogP contribution in [0.4, 0.5) is 5.69 Å². The third kappa shape index (κ3) is 5.51. The minimum Gasteiger partial charge on any atom is -0.508 e. The van der Waals surface area contributed by atoms with Crippen LogP contribution < -0.4 is 11.1 Å². The van der Waals surface area contributed by atoms with Crippen molar-refractivity contribution in [3.05, 3.63) is 40.2 Å². The van der Waals surface area contributed by atoms with Gasteiger partial charge in [0.05, 0.1) is 23.8 Å². The Labute approximate surface area is 261 Å². The first-order valence-corrected chi connectivity index (χ1v) is 13.8. The van der Waals surface area contributed by atoms with Gasteiger partial charge in [0.15, 0.2) is 11.4 Å². The van der Waals surface area contributed by atoms with E-state index >= 15 is 0 Å². The van der Waals surface area contributed by atoms with Crippen molar-refractivity contribution in [1.82, 2.24) is 9.80 Å². The van der Waals surface area contributed by atoms with E-state index in [9.17, 15) is 39.6 Å². The molecule has 1 aromatic carbocycles. The maximum atomic E-state index is 13.9. The van der Waals surface area contributed by atoms with Crippen LogP contribution >= 0.6 is 24.8 Å². The van der Waals surface area contributed by atoms with Gasteiger partial charge in [0.2, 0.25) is 11.7 Å². The Bertz CT molecular complexity index is 1420. The number of Topliss-reactive ketones (excluding diaryl/α,β-unsaturated/α-hetero) is 2. The van der Waals surface area contributed by atoms with Crippen molar-refractivity contribution in [3.8, 4) is 5.75 Å². The number of nitrogens with two attached hydrogens (primary N) is 1. The quantitative estimate of drug-likeness (QED) is 0.203. The molecule has 1 saturated heterocycles. The average Bonchev–Trinajstić information content (AvgIpc) is 2.89. The largest absolute Gasteiger partial charge is 0.508 e. The molecule has 0 bridgehead atoms. The van der Waals surface area contributed by atoms with Gasteiger partial charge in [-0.3, -0.25) is 29.0 Å². The van der Waals surface area contributed by atoms with Gasteiger partial charge in [-0.2, -0.15) is 0 Å². The number of carbonyl (C=O) groups is 4. The zero-order valence-electron chi connectivity index (χ0n) is 24.1. The van der Waals surface area contributed by atoms with Crippen molar-refractivity contribution >= 4 is 59.6 Å². The van der Waals surface area contributed by atoms with Gasteiger partial charge in [-0.05, 0) is 76.3 Å². The highest BCUT2D eigenvalue weighted by molar-refractivity contribution is 6.24. The highest BCUT2D eigenvalue weighted by Crippen LogP contribution is 2.53. The number of carbonyl (C=O) groups excluding carboxylic acids is 4. The monoisotopic (exact) mass is 640 g/mol. The first-order chi connectivity index (χ1) is 19.3. The number of nitrogens with one attached hydrogen (secondary N) is 1. The van der Waals surface area contributed by atoms with Crippen molar-refractivity contribution in [2.24, 2.45) is 23.5 Å². The van der Waals surface area contributed by atoms with Gasteiger partial charge in [0.1, 0.15) is 22.8 Å². The molecule has 0 radical (unpaired) electrons. The number of rotatable bonds is 5. The molecule has 236 valence electrons. The molecule has 7 N–H and O–H groups in total. The number of benzene rings is 1. The number of piperidine rings is 1. The Morgan fingerprint density at radius 2 is 1.74 bits per heavy atom. The zero-order chi connectivity index (χ0) is 30.0. The maximum Gasteiger partial charge on any atom is 0.255 e. The number of likely N-dealkylation sites (N-methyl/N-ethyl adjacent to an activating group) is 1. The van der Waals surface area contributed by atoms with Crippen molar-refractivity contribution in [1.29, 1.82) is 0 Å². The molecule has 5 rings (SSSR count). The van der Waals surface area contributed by atoms with E-state index in [0.29, 0.717) is 11.5 Å². The molecular weight excluding hydrogens is 603 g/mol. The third-order valence-electron chi connectivity index (χ3n) is 9.11. The van der Waals surface area contributed by atoms with Crippen molar-refractivity contribution in [2.75, 3.05) is 39.0 Å². The number of likely N-dealkylation sites (tertiary alicyclic amines) is 1. The molecule has 14 heteroatoms. The van der Waals surface area contributed by atoms with Crippen LogP contribution in [-0.2, 0) is 25.6 Å². The predicted molar refractivity (Wildman–Crippen MR) is 162 cm³/mol. The first-order valence-electron chi connectivity index (χ1n) is 13.8. The molecule has 0 aromatic heterocycles. The molecule has 2 unspecified atom stereocenters. The first kappa shape index (κ1) is 34.3. The predicted octanol–water partition coefficient (Wildman–Crippen LogP) is 1.48. The molecule has 2 fully saturated rings. The normalized spacial score (nSPS) is 27.5. The molecule has 43 heavy (non-hydrogen) atoms. The number of phenols is 1. The second-order valence-electron chi connectivity index (χ2n) is 12.0. The number of aliphatic hydroxyl groups excluding tert-OH is 2. The fourth-order valence-electron chi connectivity index (χ4n) is 6.93. The topological polar surface area (TPSA) is 194 Å². The average molecular weight is 642 g/mol. The van der Waals surface area contributed by atoms with E-state index in [1.807, 2.05) is 4.90 Å². The molecular formula is C29H38Cl2N4O8. The van der Waals surface area contributed by atoms with Gasteiger partial charge >= 0.3 is 0 Å². The summed E-state index contributed by atoms with van der Waals surface area (Å²) in [5.41, 5.74) is 2.06. The molecule has 1 saturated carbocycles. The number of halogens is 2. The second-order valence-corrected chi connectivity index (χ2v) is 12.0. The minimum atomic E-state index is -2.70. The highest BCUT2D eigenvalue weighted by Gasteiger charge is 2.64. The summed E-state index contributed by atoms with van der Waals surface area (Å²) >= 11 is 0. The Hall–Kier alpha value is -3.16. The van der Waals surface area contributed by atoms with Crippen molar-refractivity contribution in [3.63, 3.8) is 0 Å². The van der Waals surface area contributed by atoms with Crippen LogP contribution in [0.2, 0.25) is 0 Å². The number of nitrogens with zero attached hydrogens (tertiary/aromatic N) is 2. The van der Waals surface area contributed by atoms with E-state index in [2.05, 4.69) is 12.2 Å². The van der Waals surface area contributed by atoms with Crippen LogP contribution in [0.1, 0.15) is 37.3 Å². The van der Waals surface area contributed by atoms with Crippen LogP contribution in [0.3, 0.4) is 0 Å². The Balaban J connectivity index is 0.00000253. The molecule has 1 aliphatic heterocycles. The number of amides is 2. The number of ketones is 2. The summed E-state index contributed by atoms with van der Waals surface area (Å²) in [7, 11) is 3.10. The van der Waals surface area contributed by atoms with Crippen LogP contribution in [0.25, 0.3) is 5.76 Å². The summed E-state index contributed by atoms with van der Waals surface area (Å²) in [6.07, 6.45) is 2.19. The number of primary amides is 1. The van der Waals surface area contributed by atoms with Crippen LogP contribution in [-0.4, -0.2) is 99.0 Å². The summed E-state index contributed by atoms with van der Waals surface area (Å²) in [6, 6.07) is 2.04. The minimum absolute atomic E-state index is 0. The van der Waals surface area contributed by atoms with Crippen LogP contribution in [0, 0.1) is 17.8 Å². The maximum absolute atomic E-state index is 13.9. The molecule has 12 nitrogen and oxygen atoms in total. The van der Waals surface area contributed by atoms with E-state index in [-0.39, 0.29) is 66.9 Å². The third-order valence-corrected chi connectivity index (χ3v) is 9.11. The van der Waals surface area contributed by atoms with Gasteiger partial charge in [-0.15, -0.1) is 24.8 Å². The number of aromatic hydroxyl groups is 1. The number of hydrogen-bond donors (Lipinski definition) is 6. The fourth-order valence-corrected chi connectivity index (χ4v) is 6.93. The number of fused-ring (bicyclic) bond motifs is 3. The molecule has 2 amide bonds. The van der Waals surface area contributed by atoms with Gasteiger partial charge in [-0.1, -0.05) is 13.0 Å². The zero-order valence-corrected chi connectivity index (χ0v) is 25.8. The summed E-state index contributed by atoms with van der Waals surface area (Å²) < 4.78 is 0. The van der Waals surface area contributed by atoms with Crippen molar-refractivity contribution < 1.29 is 39.6 Å². The smallest absolute Gasteiger partial charge is 0.255 e. The summed E-state index contributed by atoms with van der Waals surface area (Å²) in [5.74, 6) is -6.84. The van der Waals surface area contributed by atoms with Gasteiger partial charge in [0.25, 0.3) is 5.91 Å². The van der Waals surface area contributed by atoms with Gasteiger partial charge in [-0.25, -0.2) is 0 Å². The van der Waals surface area contributed by atoms with Crippen LogP contribution in [0.15, 0.2) is 29.0 Å². The second kappa shape index (κ2) is 12.4. The van der Waals surface area contributed by atoms with E-state index in [0.717, 1.165) is 25.9 Å². The Morgan fingerprint density at radius 3 is 2.33 bits per heavy atom. The lowest BCUT2D eigenvalue weighted by Gasteiger charge is -2.50. The fraction of sp³-hybridized carbons (Fsp3) is 0.517. The molecule has 1 heterocycles. The molecule has 3 aliphatic carbocycles. The highest BCUT2D eigenvalue weighted by atomic mass is 35.5. The van der Waals surface area contributed by atoms with Crippen molar-refractivity contribution in [2.45, 2.75) is 44.2 Å². The van der Waals surface area contributed by atoms with Gasteiger partial charge < -0.3 is 31.5 Å². The molecule has 0 spiro atoms. The number of anilines is 1. The Morgan fingerprint density at radius 1 is 1.12 bits per heavy atom. The standard InChI is InChI=1S/C29H36N4O8.2ClH/c1-13-6-8-33(9-7-13)12-18(34)31-17-5-4-14-10-15-11-16-22(32(2)3)25(37)21(28(30)40)27(39)29(16,41)26(38)20(15)24(36)19(14)23(17)35;;/h4-5,13,15-16,22,35-36,39,41H,6-12H2,1-3H3,(H2,30,40)(H,31,34);2*1H/t15?,16?,22-,29-;;/m0../s1. The SMILES string of the molecule is CC1CCN(CC(=O)Nc2ccc3c(c2O)C(O)=C2C(=O)[C@]4(O)C(O)=C(C(N)=O)C(=O)[C@@H](N(C)C)C4CC2C3)CC1.Cl.Cl. The van der Waals surface area contributed by atoms with Gasteiger partial charge in [0, 0.05) is 11.5 Å². The lowest BCUT2D eigenvalue weighted by atomic mass is 9.57. The summed E-state index contributed by atoms with van der Waals surface area (Å²) in [6.45, 7) is 3.91. The van der Waals surface area contributed by atoms with E-state index in [4.69, 9.17) is 5.73 Å². The lowest BCUT2D eigenvalue weighted by Crippen LogP contribution is -2.65. The summed E-state index contributed by atoms with van der Waals surface area (Å²) in [5, 5.41) is 47.8. The lowest BCUT2D eigenvalue weighted by molar-refractivity contribution is -0.153. The molecule has 4 aliphatic rings.